The SMILES string of the molecule is CCNc1cc(CN2CCCCCC2C)ccn1. The largest absolute Gasteiger partial charge is 0.370 e. The zero-order valence-electron chi connectivity index (χ0n) is 11.7. The first-order valence-corrected chi connectivity index (χ1v) is 7.22. The maximum absolute atomic E-state index is 4.33. The van der Waals surface area contributed by atoms with E-state index in [9.17, 15) is 0 Å². The van der Waals surface area contributed by atoms with Gasteiger partial charge in [-0.05, 0) is 50.9 Å². The summed E-state index contributed by atoms with van der Waals surface area (Å²) >= 11 is 0. The molecule has 100 valence electrons. The summed E-state index contributed by atoms with van der Waals surface area (Å²) in [4.78, 5) is 6.94. The summed E-state index contributed by atoms with van der Waals surface area (Å²) in [5.41, 5.74) is 1.37. The van der Waals surface area contributed by atoms with Gasteiger partial charge < -0.3 is 5.32 Å². The van der Waals surface area contributed by atoms with E-state index in [1.54, 1.807) is 0 Å². The quantitative estimate of drug-likeness (QED) is 0.885. The molecular weight excluding hydrogens is 222 g/mol. The first-order chi connectivity index (χ1) is 8.79. The third kappa shape index (κ3) is 3.70. The van der Waals surface area contributed by atoms with Gasteiger partial charge in [-0.2, -0.15) is 0 Å². The number of anilines is 1. The van der Waals surface area contributed by atoms with Crippen molar-refractivity contribution in [2.45, 2.75) is 52.1 Å². The Hall–Kier alpha value is -1.09. The summed E-state index contributed by atoms with van der Waals surface area (Å²) in [6.07, 6.45) is 7.37. The van der Waals surface area contributed by atoms with Gasteiger partial charge in [-0.25, -0.2) is 4.98 Å². The molecule has 18 heavy (non-hydrogen) atoms. The summed E-state index contributed by atoms with van der Waals surface area (Å²) in [5.74, 6) is 0.998. The fourth-order valence-electron chi connectivity index (χ4n) is 2.65. The van der Waals surface area contributed by atoms with Crippen LogP contribution in [0.3, 0.4) is 0 Å². The summed E-state index contributed by atoms with van der Waals surface area (Å²) in [6, 6.07) is 5.03. The smallest absolute Gasteiger partial charge is 0.126 e. The van der Waals surface area contributed by atoms with Crippen LogP contribution in [0.25, 0.3) is 0 Å². The van der Waals surface area contributed by atoms with E-state index in [2.05, 4.69) is 41.2 Å². The Kier molecular flexibility index (Phi) is 5.00. The van der Waals surface area contributed by atoms with Gasteiger partial charge in [0, 0.05) is 25.3 Å². The lowest BCUT2D eigenvalue weighted by molar-refractivity contribution is 0.205. The van der Waals surface area contributed by atoms with Crippen molar-refractivity contribution in [2.75, 3.05) is 18.4 Å². The first-order valence-electron chi connectivity index (χ1n) is 7.22. The van der Waals surface area contributed by atoms with Gasteiger partial charge in [0.2, 0.25) is 0 Å². The van der Waals surface area contributed by atoms with Crippen molar-refractivity contribution in [1.29, 1.82) is 0 Å². The van der Waals surface area contributed by atoms with Crippen LogP contribution in [0.2, 0.25) is 0 Å². The van der Waals surface area contributed by atoms with Gasteiger partial charge in [0.15, 0.2) is 0 Å². The summed E-state index contributed by atoms with van der Waals surface area (Å²) in [6.45, 7) is 7.68. The standard InChI is InChI=1S/C15H25N3/c1-3-16-15-11-14(8-9-17-15)12-18-10-6-4-5-7-13(18)2/h8-9,11,13H,3-7,10,12H2,1-2H3,(H,16,17). The highest BCUT2D eigenvalue weighted by molar-refractivity contribution is 5.37. The number of hydrogen-bond donors (Lipinski definition) is 1. The third-order valence-electron chi connectivity index (χ3n) is 3.76. The van der Waals surface area contributed by atoms with Crippen LogP contribution in [0.4, 0.5) is 5.82 Å². The van der Waals surface area contributed by atoms with E-state index in [1.165, 1.54) is 37.8 Å². The van der Waals surface area contributed by atoms with Gasteiger partial charge in [-0.15, -0.1) is 0 Å². The molecule has 0 spiro atoms. The van der Waals surface area contributed by atoms with E-state index in [0.29, 0.717) is 6.04 Å². The predicted octanol–water partition coefficient (Wildman–Crippen LogP) is 3.28. The van der Waals surface area contributed by atoms with Crippen LogP contribution >= 0.6 is 0 Å². The number of pyridine rings is 1. The molecule has 1 saturated heterocycles. The van der Waals surface area contributed by atoms with Crippen molar-refractivity contribution in [3.8, 4) is 0 Å². The fraction of sp³-hybridized carbons (Fsp3) is 0.667. The van der Waals surface area contributed by atoms with Gasteiger partial charge in [-0.3, -0.25) is 4.90 Å². The molecule has 3 heteroatoms. The van der Waals surface area contributed by atoms with Gasteiger partial charge in [0.25, 0.3) is 0 Å². The number of rotatable bonds is 4. The Labute approximate surface area is 111 Å². The van der Waals surface area contributed by atoms with Crippen LogP contribution in [-0.4, -0.2) is 29.0 Å². The molecule has 0 saturated carbocycles. The highest BCUT2D eigenvalue weighted by Crippen LogP contribution is 2.19. The van der Waals surface area contributed by atoms with Crippen LogP contribution in [0, 0.1) is 0 Å². The Morgan fingerprint density at radius 3 is 3.11 bits per heavy atom. The molecule has 0 aromatic carbocycles. The van der Waals surface area contributed by atoms with Crippen molar-refractivity contribution in [2.24, 2.45) is 0 Å². The Balaban J connectivity index is 2.00. The maximum Gasteiger partial charge on any atom is 0.126 e. The van der Waals surface area contributed by atoms with Crippen LogP contribution in [0.15, 0.2) is 18.3 Å². The van der Waals surface area contributed by atoms with E-state index in [-0.39, 0.29) is 0 Å². The second-order valence-corrected chi connectivity index (χ2v) is 5.25. The molecule has 3 nitrogen and oxygen atoms in total. The molecule has 0 bridgehead atoms. The molecule has 1 N–H and O–H groups in total. The highest BCUT2D eigenvalue weighted by Gasteiger charge is 2.16. The minimum Gasteiger partial charge on any atom is -0.370 e. The van der Waals surface area contributed by atoms with Crippen LogP contribution in [0.1, 0.15) is 45.1 Å². The van der Waals surface area contributed by atoms with Crippen LogP contribution in [-0.2, 0) is 6.54 Å². The normalized spacial score (nSPS) is 21.6. The van der Waals surface area contributed by atoms with Crippen LogP contribution in [0.5, 0.6) is 0 Å². The molecule has 1 atom stereocenters. The van der Waals surface area contributed by atoms with Crippen molar-refractivity contribution in [3.05, 3.63) is 23.9 Å². The molecule has 1 aromatic rings. The maximum atomic E-state index is 4.33. The van der Waals surface area contributed by atoms with Crippen LogP contribution < -0.4 is 5.32 Å². The minimum atomic E-state index is 0.711. The summed E-state index contributed by atoms with van der Waals surface area (Å²) in [7, 11) is 0. The second kappa shape index (κ2) is 6.74. The lowest BCUT2D eigenvalue weighted by atomic mass is 10.1. The van der Waals surface area contributed by atoms with E-state index in [4.69, 9.17) is 0 Å². The van der Waals surface area contributed by atoms with E-state index < -0.39 is 0 Å². The highest BCUT2D eigenvalue weighted by atomic mass is 15.1. The minimum absolute atomic E-state index is 0.711. The predicted molar refractivity (Wildman–Crippen MR) is 76.7 cm³/mol. The van der Waals surface area contributed by atoms with Gasteiger partial charge in [0.05, 0.1) is 0 Å². The first kappa shape index (κ1) is 13.3. The Morgan fingerprint density at radius 1 is 1.39 bits per heavy atom. The number of nitrogens with one attached hydrogen (secondary N) is 1. The van der Waals surface area contributed by atoms with E-state index in [0.717, 1.165) is 18.9 Å². The summed E-state index contributed by atoms with van der Waals surface area (Å²) in [5, 5.41) is 3.28. The zero-order chi connectivity index (χ0) is 12.8. The molecule has 1 aliphatic rings. The molecule has 1 unspecified atom stereocenters. The molecule has 1 aliphatic heterocycles. The lowest BCUT2D eigenvalue weighted by Crippen LogP contribution is -2.31. The molecule has 0 amide bonds. The molecule has 0 radical (unpaired) electrons. The Bertz CT molecular complexity index is 365. The summed E-state index contributed by atoms with van der Waals surface area (Å²) < 4.78 is 0. The molecule has 1 aromatic heterocycles. The van der Waals surface area contributed by atoms with E-state index >= 15 is 0 Å². The average Bonchev–Trinajstić information content (AvgIpc) is 2.56. The number of nitrogens with zero attached hydrogens (tertiary/aromatic N) is 2. The Morgan fingerprint density at radius 2 is 2.28 bits per heavy atom. The van der Waals surface area contributed by atoms with Crippen molar-refractivity contribution >= 4 is 5.82 Å². The second-order valence-electron chi connectivity index (χ2n) is 5.25. The number of aromatic nitrogens is 1. The van der Waals surface area contributed by atoms with Gasteiger partial charge in [0.1, 0.15) is 5.82 Å². The number of likely N-dealkylation sites (tertiary alicyclic amines) is 1. The molecule has 1 fully saturated rings. The topological polar surface area (TPSA) is 28.2 Å². The van der Waals surface area contributed by atoms with Gasteiger partial charge in [-0.1, -0.05) is 12.8 Å². The van der Waals surface area contributed by atoms with E-state index in [1.807, 2.05) is 6.20 Å². The van der Waals surface area contributed by atoms with Crippen molar-refractivity contribution in [3.63, 3.8) is 0 Å². The average molecular weight is 247 g/mol. The third-order valence-corrected chi connectivity index (χ3v) is 3.76. The van der Waals surface area contributed by atoms with Crippen molar-refractivity contribution < 1.29 is 0 Å². The fourth-order valence-corrected chi connectivity index (χ4v) is 2.65. The monoisotopic (exact) mass is 247 g/mol. The van der Waals surface area contributed by atoms with Crippen molar-refractivity contribution in [1.82, 2.24) is 9.88 Å². The number of hydrogen-bond acceptors (Lipinski definition) is 3. The van der Waals surface area contributed by atoms with Gasteiger partial charge >= 0.3 is 0 Å². The lowest BCUT2D eigenvalue weighted by Gasteiger charge is -2.27. The molecule has 2 heterocycles. The molecule has 0 aliphatic carbocycles. The molecule has 2 rings (SSSR count). The molecular formula is C15H25N3. The zero-order valence-corrected chi connectivity index (χ0v) is 11.7.